The van der Waals surface area contributed by atoms with Crippen LogP contribution >= 0.6 is 0 Å². The summed E-state index contributed by atoms with van der Waals surface area (Å²) >= 11 is 0. The molecule has 3 rings (SSSR count). The van der Waals surface area contributed by atoms with Crippen molar-refractivity contribution >= 4 is 17.5 Å². The molecule has 2 aromatic rings. The summed E-state index contributed by atoms with van der Waals surface area (Å²) < 4.78 is 16.3. The largest absolute Gasteiger partial charge is 0.497 e. The zero-order valence-electron chi connectivity index (χ0n) is 15.8. The Morgan fingerprint density at radius 1 is 1.18 bits per heavy atom. The Bertz CT molecular complexity index is 796. The van der Waals surface area contributed by atoms with Crippen molar-refractivity contribution in [3.05, 3.63) is 54.6 Å². The quantitative estimate of drug-likeness (QED) is 0.753. The van der Waals surface area contributed by atoms with Crippen LogP contribution in [0.5, 0.6) is 11.5 Å². The molecule has 1 fully saturated rings. The van der Waals surface area contributed by atoms with Gasteiger partial charge in [-0.1, -0.05) is 24.3 Å². The molecule has 0 radical (unpaired) electrons. The molecule has 7 heteroatoms. The fraction of sp³-hybridized carbons (Fsp3) is 0.333. The van der Waals surface area contributed by atoms with E-state index in [-0.39, 0.29) is 30.9 Å². The number of nitrogens with one attached hydrogen (secondary N) is 1. The van der Waals surface area contributed by atoms with Gasteiger partial charge >= 0.3 is 0 Å². The molecule has 148 valence electrons. The standard InChI is InChI=1S/C21H24N2O5/c1-26-18-9-5-6-16(12-18)23-14-19(28-15-21(23)25)13-22-20(24)10-11-27-17-7-3-2-4-8-17/h2-9,12,19H,10-11,13-15H2,1H3,(H,22,24). The molecule has 2 amide bonds. The number of rotatable bonds is 8. The summed E-state index contributed by atoms with van der Waals surface area (Å²) in [6.07, 6.45) is -0.0250. The Labute approximate surface area is 164 Å². The number of hydrogen-bond donors (Lipinski definition) is 1. The van der Waals surface area contributed by atoms with Crippen LogP contribution in [0.15, 0.2) is 54.6 Å². The Kier molecular flexibility index (Phi) is 6.86. The molecule has 28 heavy (non-hydrogen) atoms. The molecule has 1 saturated heterocycles. The lowest BCUT2D eigenvalue weighted by molar-refractivity contribution is -0.129. The summed E-state index contributed by atoms with van der Waals surface area (Å²) in [5.74, 6) is 1.18. The predicted octanol–water partition coefficient (Wildman–Crippen LogP) is 2.01. The second-order valence-corrected chi connectivity index (χ2v) is 6.35. The zero-order valence-corrected chi connectivity index (χ0v) is 15.8. The maximum atomic E-state index is 12.2. The van der Waals surface area contributed by atoms with Gasteiger partial charge in [0.2, 0.25) is 5.91 Å². The van der Waals surface area contributed by atoms with Crippen molar-refractivity contribution < 1.29 is 23.8 Å². The number of para-hydroxylation sites is 1. The van der Waals surface area contributed by atoms with Crippen molar-refractivity contribution in [1.29, 1.82) is 0 Å². The number of benzene rings is 2. The number of amides is 2. The summed E-state index contributed by atoms with van der Waals surface area (Å²) in [6.45, 7) is 0.982. The van der Waals surface area contributed by atoms with E-state index in [0.29, 0.717) is 25.4 Å². The lowest BCUT2D eigenvalue weighted by Gasteiger charge is -2.33. The van der Waals surface area contributed by atoms with E-state index in [0.717, 1.165) is 11.4 Å². The Morgan fingerprint density at radius 3 is 2.75 bits per heavy atom. The second kappa shape index (κ2) is 9.75. The highest BCUT2D eigenvalue weighted by Crippen LogP contribution is 2.23. The van der Waals surface area contributed by atoms with Crippen LogP contribution in [0.4, 0.5) is 5.69 Å². The molecule has 7 nitrogen and oxygen atoms in total. The van der Waals surface area contributed by atoms with Gasteiger partial charge in [0.1, 0.15) is 18.1 Å². The molecule has 0 aliphatic carbocycles. The molecule has 0 spiro atoms. The first-order valence-electron chi connectivity index (χ1n) is 9.16. The summed E-state index contributed by atoms with van der Waals surface area (Å²) in [7, 11) is 1.58. The fourth-order valence-electron chi connectivity index (χ4n) is 2.87. The average Bonchev–Trinajstić information content (AvgIpc) is 2.74. The van der Waals surface area contributed by atoms with Crippen LogP contribution in [0.1, 0.15) is 6.42 Å². The van der Waals surface area contributed by atoms with E-state index in [1.807, 2.05) is 48.5 Å². The molecule has 1 aliphatic rings. The van der Waals surface area contributed by atoms with Crippen LogP contribution in [0.3, 0.4) is 0 Å². The minimum atomic E-state index is -0.275. The van der Waals surface area contributed by atoms with Gasteiger partial charge in [-0.3, -0.25) is 9.59 Å². The van der Waals surface area contributed by atoms with Crippen molar-refractivity contribution in [2.45, 2.75) is 12.5 Å². The van der Waals surface area contributed by atoms with Crippen LogP contribution in [-0.4, -0.2) is 51.3 Å². The summed E-state index contributed by atoms with van der Waals surface area (Å²) in [6, 6.07) is 16.7. The smallest absolute Gasteiger partial charge is 0.253 e. The number of ether oxygens (including phenoxy) is 3. The van der Waals surface area contributed by atoms with Crippen LogP contribution < -0.4 is 19.7 Å². The van der Waals surface area contributed by atoms with Crippen molar-refractivity contribution in [2.75, 3.05) is 38.3 Å². The van der Waals surface area contributed by atoms with Crippen molar-refractivity contribution in [3.8, 4) is 11.5 Å². The molecule has 0 saturated carbocycles. The van der Waals surface area contributed by atoms with E-state index in [9.17, 15) is 9.59 Å². The van der Waals surface area contributed by atoms with E-state index < -0.39 is 0 Å². The summed E-state index contributed by atoms with van der Waals surface area (Å²) in [5.41, 5.74) is 0.750. The molecule has 0 bridgehead atoms. The molecule has 2 aromatic carbocycles. The van der Waals surface area contributed by atoms with Crippen molar-refractivity contribution in [2.24, 2.45) is 0 Å². The number of hydrogen-bond acceptors (Lipinski definition) is 5. The van der Waals surface area contributed by atoms with Crippen LogP contribution in [-0.2, 0) is 14.3 Å². The average molecular weight is 384 g/mol. The first-order valence-corrected chi connectivity index (χ1v) is 9.16. The van der Waals surface area contributed by atoms with Crippen LogP contribution in [0.25, 0.3) is 0 Å². The third kappa shape index (κ3) is 5.47. The number of carbonyl (C=O) groups is 2. The van der Waals surface area contributed by atoms with E-state index in [1.54, 1.807) is 18.1 Å². The van der Waals surface area contributed by atoms with E-state index in [4.69, 9.17) is 14.2 Å². The summed E-state index contributed by atoms with van der Waals surface area (Å²) in [4.78, 5) is 25.9. The molecule has 0 aromatic heterocycles. The molecular weight excluding hydrogens is 360 g/mol. The normalized spacial score (nSPS) is 16.5. The zero-order chi connectivity index (χ0) is 19.8. The molecule has 1 heterocycles. The monoisotopic (exact) mass is 384 g/mol. The lowest BCUT2D eigenvalue weighted by atomic mass is 10.2. The number of anilines is 1. The Morgan fingerprint density at radius 2 is 1.96 bits per heavy atom. The van der Waals surface area contributed by atoms with Gasteiger partial charge in [0.25, 0.3) is 5.91 Å². The van der Waals surface area contributed by atoms with E-state index >= 15 is 0 Å². The highest BCUT2D eigenvalue weighted by molar-refractivity contribution is 5.95. The van der Waals surface area contributed by atoms with Gasteiger partial charge in [0.05, 0.1) is 32.8 Å². The van der Waals surface area contributed by atoms with Gasteiger partial charge in [0, 0.05) is 18.3 Å². The topological polar surface area (TPSA) is 77.1 Å². The lowest BCUT2D eigenvalue weighted by Crippen LogP contribution is -2.50. The van der Waals surface area contributed by atoms with E-state index in [2.05, 4.69) is 5.32 Å². The van der Waals surface area contributed by atoms with Gasteiger partial charge in [-0.15, -0.1) is 0 Å². The third-order valence-corrected chi connectivity index (χ3v) is 4.36. The number of methoxy groups -OCH3 is 1. The maximum Gasteiger partial charge on any atom is 0.253 e. The minimum absolute atomic E-state index is 0.0190. The van der Waals surface area contributed by atoms with E-state index in [1.165, 1.54) is 0 Å². The SMILES string of the molecule is COc1cccc(N2CC(CNC(=O)CCOc3ccccc3)OCC2=O)c1. The highest BCUT2D eigenvalue weighted by atomic mass is 16.5. The Hall–Kier alpha value is -3.06. The molecule has 1 aliphatic heterocycles. The number of morpholine rings is 1. The Balaban J connectivity index is 1.45. The highest BCUT2D eigenvalue weighted by Gasteiger charge is 2.27. The predicted molar refractivity (Wildman–Crippen MR) is 105 cm³/mol. The van der Waals surface area contributed by atoms with Gasteiger partial charge in [-0.2, -0.15) is 0 Å². The maximum absolute atomic E-state index is 12.2. The van der Waals surface area contributed by atoms with Gasteiger partial charge in [-0.25, -0.2) is 0 Å². The first kappa shape index (κ1) is 19.7. The van der Waals surface area contributed by atoms with Crippen molar-refractivity contribution in [3.63, 3.8) is 0 Å². The van der Waals surface area contributed by atoms with Gasteiger partial charge in [-0.05, 0) is 24.3 Å². The fourth-order valence-corrected chi connectivity index (χ4v) is 2.87. The van der Waals surface area contributed by atoms with Crippen LogP contribution in [0, 0.1) is 0 Å². The van der Waals surface area contributed by atoms with Crippen molar-refractivity contribution in [1.82, 2.24) is 5.32 Å². The molecule has 1 atom stereocenters. The number of carbonyl (C=O) groups excluding carboxylic acids is 2. The van der Waals surface area contributed by atoms with Gasteiger partial charge in [0.15, 0.2) is 0 Å². The minimum Gasteiger partial charge on any atom is -0.497 e. The number of nitrogens with zero attached hydrogens (tertiary/aromatic N) is 1. The molecular formula is C21H24N2O5. The van der Waals surface area contributed by atoms with Crippen LogP contribution in [0.2, 0.25) is 0 Å². The summed E-state index contributed by atoms with van der Waals surface area (Å²) in [5, 5.41) is 2.84. The molecule has 1 N–H and O–H groups in total. The van der Waals surface area contributed by atoms with Gasteiger partial charge < -0.3 is 24.4 Å². The molecule has 1 unspecified atom stereocenters. The third-order valence-electron chi connectivity index (χ3n) is 4.36. The second-order valence-electron chi connectivity index (χ2n) is 6.35. The first-order chi connectivity index (χ1) is 13.7.